The summed E-state index contributed by atoms with van der Waals surface area (Å²) in [6.07, 6.45) is -6.41. The molecule has 0 aromatic heterocycles. The molecular weight excluding hydrogens is 363 g/mol. The average molecular weight is 375 g/mol. The number of halogens is 3. The van der Waals surface area contributed by atoms with E-state index in [2.05, 4.69) is 5.32 Å². The van der Waals surface area contributed by atoms with E-state index in [1.165, 1.54) is 30.3 Å². The third-order valence-electron chi connectivity index (χ3n) is 3.41. The number of rotatable bonds is 5. The van der Waals surface area contributed by atoms with Crippen LogP contribution in [0.5, 0.6) is 5.75 Å². The van der Waals surface area contributed by atoms with Gasteiger partial charge in [0.15, 0.2) is 6.10 Å². The van der Waals surface area contributed by atoms with E-state index in [0.717, 1.165) is 12.1 Å². The number of hydrogen-bond acceptors (Lipinski definition) is 5. The molecule has 1 unspecified atom stereocenters. The molecule has 0 radical (unpaired) electrons. The van der Waals surface area contributed by atoms with Gasteiger partial charge in [0.25, 0.3) is 5.91 Å². The molecule has 138 valence electrons. The number of nitriles is 2. The normalized spacial score (nSPS) is 11.8. The summed E-state index contributed by atoms with van der Waals surface area (Å²) < 4.78 is 44.0. The molecule has 2 aromatic carbocycles. The Morgan fingerprint density at radius 3 is 2.37 bits per heavy atom. The van der Waals surface area contributed by atoms with Crippen molar-refractivity contribution in [3.05, 3.63) is 59.2 Å². The second-order valence-electron chi connectivity index (χ2n) is 5.32. The van der Waals surface area contributed by atoms with Crippen LogP contribution in [0.2, 0.25) is 0 Å². The number of benzene rings is 2. The van der Waals surface area contributed by atoms with Crippen molar-refractivity contribution in [2.24, 2.45) is 0 Å². The van der Waals surface area contributed by atoms with Crippen LogP contribution in [0.15, 0.2) is 42.5 Å². The highest BCUT2D eigenvalue weighted by Gasteiger charge is 2.34. The van der Waals surface area contributed by atoms with E-state index in [1.54, 1.807) is 0 Å². The zero-order valence-corrected chi connectivity index (χ0v) is 13.6. The van der Waals surface area contributed by atoms with Crippen LogP contribution in [0.3, 0.4) is 0 Å². The minimum absolute atomic E-state index is 0.219. The number of hydrogen-bond donors (Lipinski definition) is 2. The predicted octanol–water partition coefficient (Wildman–Crippen LogP) is 2.83. The van der Waals surface area contributed by atoms with Gasteiger partial charge in [0.2, 0.25) is 0 Å². The number of alkyl halides is 3. The average Bonchev–Trinajstić information content (AvgIpc) is 2.65. The van der Waals surface area contributed by atoms with Crippen molar-refractivity contribution in [2.75, 3.05) is 11.9 Å². The lowest BCUT2D eigenvalue weighted by molar-refractivity contribution is -0.137. The summed E-state index contributed by atoms with van der Waals surface area (Å²) in [5, 5.41) is 29.4. The van der Waals surface area contributed by atoms with Crippen LogP contribution in [0.25, 0.3) is 0 Å². The molecule has 27 heavy (non-hydrogen) atoms. The Morgan fingerprint density at radius 1 is 1.15 bits per heavy atom. The minimum atomic E-state index is -4.76. The van der Waals surface area contributed by atoms with Crippen molar-refractivity contribution >= 4 is 11.6 Å². The third-order valence-corrected chi connectivity index (χ3v) is 3.41. The molecule has 0 heterocycles. The molecule has 0 saturated heterocycles. The number of anilines is 1. The molecule has 1 amide bonds. The number of nitrogens with zero attached hydrogens (tertiary/aromatic N) is 2. The van der Waals surface area contributed by atoms with Gasteiger partial charge in [-0.25, -0.2) is 0 Å². The number of carbonyl (C=O) groups is 1. The van der Waals surface area contributed by atoms with Gasteiger partial charge in [0, 0.05) is 5.69 Å². The topological polar surface area (TPSA) is 106 Å². The Labute approximate surface area is 152 Å². The Bertz CT molecular complexity index is 913. The van der Waals surface area contributed by atoms with Crippen LogP contribution in [0.1, 0.15) is 16.7 Å². The molecule has 1 atom stereocenters. The van der Waals surface area contributed by atoms with Gasteiger partial charge in [0.05, 0.1) is 28.8 Å². The largest absolute Gasteiger partial charge is 0.490 e. The number of amides is 1. The van der Waals surface area contributed by atoms with Crippen molar-refractivity contribution in [3.8, 4) is 17.9 Å². The Morgan fingerprint density at radius 2 is 1.81 bits per heavy atom. The fraction of sp³-hybridized carbons (Fsp3) is 0.167. The van der Waals surface area contributed by atoms with Gasteiger partial charge < -0.3 is 15.2 Å². The Kier molecular flexibility index (Phi) is 6.01. The van der Waals surface area contributed by atoms with Gasteiger partial charge in [-0.3, -0.25) is 4.79 Å². The van der Waals surface area contributed by atoms with Gasteiger partial charge >= 0.3 is 6.18 Å². The molecule has 0 spiro atoms. The van der Waals surface area contributed by atoms with Crippen molar-refractivity contribution in [3.63, 3.8) is 0 Å². The highest BCUT2D eigenvalue weighted by atomic mass is 19.4. The second-order valence-corrected chi connectivity index (χ2v) is 5.32. The minimum Gasteiger partial charge on any atom is -0.490 e. The molecule has 2 aromatic rings. The van der Waals surface area contributed by atoms with Crippen LogP contribution in [-0.2, 0) is 11.0 Å². The van der Waals surface area contributed by atoms with E-state index >= 15 is 0 Å². The molecule has 0 aliphatic heterocycles. The molecule has 0 bridgehead atoms. The van der Waals surface area contributed by atoms with E-state index in [1.807, 2.05) is 6.07 Å². The summed E-state index contributed by atoms with van der Waals surface area (Å²) in [5.74, 6) is -0.667. The number of carbonyl (C=O) groups excluding carboxylic acids is 1. The highest BCUT2D eigenvalue weighted by Crippen LogP contribution is 2.33. The monoisotopic (exact) mass is 375 g/mol. The summed E-state index contributed by atoms with van der Waals surface area (Å²) >= 11 is 0. The number of aliphatic hydroxyl groups excluding tert-OH is 1. The zero-order chi connectivity index (χ0) is 20.0. The SMILES string of the molecule is N#Cc1ccc(OCC(O)C(=O)Nc2ccc(C#N)c(C(F)(F)F)c2)cc1. The van der Waals surface area contributed by atoms with Crippen molar-refractivity contribution < 1.29 is 27.8 Å². The Hall–Kier alpha value is -3.56. The molecule has 0 aliphatic rings. The second kappa shape index (κ2) is 8.21. The molecule has 6 nitrogen and oxygen atoms in total. The fourth-order valence-corrected chi connectivity index (χ4v) is 2.06. The first-order chi connectivity index (χ1) is 12.7. The van der Waals surface area contributed by atoms with Crippen molar-refractivity contribution in [1.82, 2.24) is 0 Å². The van der Waals surface area contributed by atoms with Gasteiger partial charge in [-0.1, -0.05) is 0 Å². The van der Waals surface area contributed by atoms with Crippen LogP contribution in [0.4, 0.5) is 18.9 Å². The summed E-state index contributed by atoms with van der Waals surface area (Å²) in [5.41, 5.74) is -1.58. The van der Waals surface area contributed by atoms with Gasteiger partial charge in [0.1, 0.15) is 12.4 Å². The number of aliphatic hydroxyl groups is 1. The molecule has 0 aliphatic carbocycles. The Balaban J connectivity index is 2.01. The third kappa shape index (κ3) is 5.21. The van der Waals surface area contributed by atoms with Crippen LogP contribution >= 0.6 is 0 Å². The molecule has 0 saturated carbocycles. The van der Waals surface area contributed by atoms with E-state index in [4.69, 9.17) is 15.3 Å². The summed E-state index contributed by atoms with van der Waals surface area (Å²) in [6.45, 7) is -0.444. The summed E-state index contributed by atoms with van der Waals surface area (Å²) in [6, 6.07) is 11.9. The number of nitrogens with one attached hydrogen (secondary N) is 1. The lowest BCUT2D eigenvalue weighted by Gasteiger charge is -2.14. The summed E-state index contributed by atoms with van der Waals surface area (Å²) in [7, 11) is 0. The smallest absolute Gasteiger partial charge is 0.417 e. The standard InChI is InChI=1S/C18H12F3N3O3/c19-18(20,21)15-7-13(4-3-12(15)9-23)24-17(26)16(25)10-27-14-5-1-11(8-22)2-6-14/h1-7,16,25H,10H2,(H,24,26). The lowest BCUT2D eigenvalue weighted by Crippen LogP contribution is -2.33. The van der Waals surface area contributed by atoms with Gasteiger partial charge in [-0.05, 0) is 42.5 Å². The van der Waals surface area contributed by atoms with E-state index in [9.17, 15) is 23.1 Å². The van der Waals surface area contributed by atoms with Crippen molar-refractivity contribution in [2.45, 2.75) is 12.3 Å². The van der Waals surface area contributed by atoms with E-state index < -0.39 is 35.9 Å². The maximum absolute atomic E-state index is 12.9. The quantitative estimate of drug-likeness (QED) is 0.836. The van der Waals surface area contributed by atoms with Gasteiger partial charge in [-0.15, -0.1) is 0 Å². The van der Waals surface area contributed by atoms with Gasteiger partial charge in [-0.2, -0.15) is 23.7 Å². The molecule has 0 fully saturated rings. The first kappa shape index (κ1) is 19.8. The fourth-order valence-electron chi connectivity index (χ4n) is 2.06. The molecular formula is C18H12F3N3O3. The highest BCUT2D eigenvalue weighted by molar-refractivity contribution is 5.94. The van der Waals surface area contributed by atoms with E-state index in [-0.39, 0.29) is 5.69 Å². The molecule has 9 heteroatoms. The van der Waals surface area contributed by atoms with Crippen LogP contribution < -0.4 is 10.1 Å². The first-order valence-electron chi connectivity index (χ1n) is 7.48. The van der Waals surface area contributed by atoms with Crippen molar-refractivity contribution in [1.29, 1.82) is 10.5 Å². The molecule has 2 rings (SSSR count). The zero-order valence-electron chi connectivity index (χ0n) is 13.6. The van der Waals surface area contributed by atoms with Crippen LogP contribution in [-0.4, -0.2) is 23.7 Å². The first-order valence-corrected chi connectivity index (χ1v) is 7.48. The lowest BCUT2D eigenvalue weighted by atomic mass is 10.1. The predicted molar refractivity (Wildman–Crippen MR) is 87.4 cm³/mol. The maximum atomic E-state index is 12.9. The maximum Gasteiger partial charge on any atom is 0.417 e. The van der Waals surface area contributed by atoms with E-state index in [0.29, 0.717) is 17.4 Å². The number of ether oxygens (including phenoxy) is 1. The van der Waals surface area contributed by atoms with Crippen LogP contribution in [0, 0.1) is 22.7 Å². The molecule has 2 N–H and O–H groups in total. The summed E-state index contributed by atoms with van der Waals surface area (Å²) in [4.78, 5) is 11.9.